The van der Waals surface area contributed by atoms with Crippen LogP contribution in [0.3, 0.4) is 0 Å². The van der Waals surface area contributed by atoms with Crippen molar-refractivity contribution in [2.45, 2.75) is 16.3 Å². The first-order valence-corrected chi connectivity index (χ1v) is 6.01. The Labute approximate surface area is 99.6 Å². The van der Waals surface area contributed by atoms with Gasteiger partial charge in [-0.25, -0.2) is 9.78 Å². The third-order valence-corrected chi connectivity index (χ3v) is 3.64. The van der Waals surface area contributed by atoms with Gasteiger partial charge >= 0.3 is 5.97 Å². The fraction of sp³-hybridized carbons (Fsp3) is 0.111. The third-order valence-electron chi connectivity index (χ3n) is 1.86. The molecule has 0 bridgehead atoms. The molecule has 0 radical (unpaired) electrons. The summed E-state index contributed by atoms with van der Waals surface area (Å²) in [6, 6.07) is 1.67. The van der Waals surface area contributed by atoms with Crippen LogP contribution in [0.15, 0.2) is 27.1 Å². The van der Waals surface area contributed by atoms with Crippen molar-refractivity contribution in [1.29, 1.82) is 0 Å². The van der Waals surface area contributed by atoms with Gasteiger partial charge in [0.1, 0.15) is 10.5 Å². The Balaban J connectivity index is 2.40. The molecule has 16 heavy (non-hydrogen) atoms. The van der Waals surface area contributed by atoms with Crippen molar-refractivity contribution < 1.29 is 9.90 Å². The number of carbonyl (C=O) groups is 1. The summed E-state index contributed by atoms with van der Waals surface area (Å²) in [6.07, 6.45) is 1.59. The van der Waals surface area contributed by atoms with Gasteiger partial charge in [0.2, 0.25) is 0 Å². The number of carboxylic acid groups (broad SMARTS) is 1. The summed E-state index contributed by atoms with van der Waals surface area (Å²) in [5, 5.41) is 17.1. The first kappa shape index (κ1) is 11.0. The van der Waals surface area contributed by atoms with Gasteiger partial charge in [0.05, 0.1) is 5.56 Å². The highest BCUT2D eigenvalue weighted by atomic mass is 32.2. The predicted octanol–water partition coefficient (Wildman–Crippen LogP) is 2.09. The quantitative estimate of drug-likeness (QED) is 0.902. The van der Waals surface area contributed by atoms with Crippen LogP contribution < -0.4 is 0 Å². The van der Waals surface area contributed by atoms with Gasteiger partial charge < -0.3 is 5.11 Å². The van der Waals surface area contributed by atoms with Crippen LogP contribution in [0.25, 0.3) is 0 Å². The summed E-state index contributed by atoms with van der Waals surface area (Å²) in [4.78, 5) is 15.1. The molecule has 0 fully saturated rings. The van der Waals surface area contributed by atoms with Crippen molar-refractivity contribution in [2.75, 3.05) is 0 Å². The predicted molar refractivity (Wildman–Crippen MR) is 60.0 cm³/mol. The van der Waals surface area contributed by atoms with Gasteiger partial charge in [-0.3, -0.25) is 0 Å². The lowest BCUT2D eigenvalue weighted by molar-refractivity contribution is 0.0691. The number of hydrogen-bond acceptors (Lipinski definition) is 6. The van der Waals surface area contributed by atoms with Crippen molar-refractivity contribution >= 4 is 29.1 Å². The van der Waals surface area contributed by atoms with E-state index in [9.17, 15) is 4.79 Å². The molecule has 0 aliphatic heterocycles. The number of nitrogens with zero attached hydrogens (tertiary/aromatic N) is 3. The molecule has 0 saturated carbocycles. The maximum Gasteiger partial charge on any atom is 0.338 e. The van der Waals surface area contributed by atoms with Gasteiger partial charge in [0.25, 0.3) is 0 Å². The second-order valence-corrected chi connectivity index (χ2v) is 4.99. The van der Waals surface area contributed by atoms with Crippen LogP contribution >= 0.6 is 23.1 Å². The Kier molecular flexibility index (Phi) is 3.16. The van der Waals surface area contributed by atoms with Gasteiger partial charge in [-0.2, -0.15) is 0 Å². The number of carboxylic acids is 1. The van der Waals surface area contributed by atoms with Gasteiger partial charge in [0.15, 0.2) is 4.34 Å². The van der Waals surface area contributed by atoms with Crippen molar-refractivity contribution in [2.24, 2.45) is 0 Å². The molecule has 2 heterocycles. The molecule has 2 aromatic heterocycles. The van der Waals surface area contributed by atoms with Gasteiger partial charge in [-0.05, 0) is 30.3 Å². The Morgan fingerprint density at radius 2 is 2.38 bits per heavy atom. The van der Waals surface area contributed by atoms with E-state index in [0.29, 0.717) is 14.9 Å². The second kappa shape index (κ2) is 4.58. The lowest BCUT2D eigenvalue weighted by Gasteiger charge is -2.04. The zero-order valence-corrected chi connectivity index (χ0v) is 9.88. The van der Waals surface area contributed by atoms with E-state index in [-0.39, 0.29) is 5.56 Å². The zero-order valence-electron chi connectivity index (χ0n) is 8.25. The minimum absolute atomic E-state index is 0.225. The smallest absolute Gasteiger partial charge is 0.338 e. The topological polar surface area (TPSA) is 76.0 Å². The van der Waals surface area contributed by atoms with E-state index in [1.807, 2.05) is 0 Å². The maximum absolute atomic E-state index is 11.1. The minimum atomic E-state index is -0.974. The molecule has 0 aliphatic carbocycles. The lowest BCUT2D eigenvalue weighted by atomic mass is 10.2. The van der Waals surface area contributed by atoms with E-state index < -0.39 is 5.97 Å². The molecule has 0 unspecified atom stereocenters. The van der Waals surface area contributed by atoms with E-state index in [2.05, 4.69) is 15.2 Å². The number of aryl methyl sites for hydroxylation is 1. The minimum Gasteiger partial charge on any atom is -0.478 e. The number of aromatic nitrogens is 3. The highest BCUT2D eigenvalue weighted by Gasteiger charge is 2.16. The molecule has 0 aliphatic rings. The molecule has 5 nitrogen and oxygen atoms in total. The molecule has 2 rings (SSSR count). The molecule has 1 N–H and O–H groups in total. The van der Waals surface area contributed by atoms with Gasteiger partial charge in [0, 0.05) is 6.20 Å². The monoisotopic (exact) mass is 253 g/mol. The normalized spacial score (nSPS) is 10.3. The summed E-state index contributed by atoms with van der Waals surface area (Å²) >= 11 is 2.57. The van der Waals surface area contributed by atoms with Gasteiger partial charge in [-0.15, -0.1) is 10.2 Å². The third kappa shape index (κ3) is 2.20. The van der Waals surface area contributed by atoms with Crippen molar-refractivity contribution in [3.05, 3.63) is 28.9 Å². The number of rotatable bonds is 3. The number of aromatic carboxylic acids is 1. The molecule has 0 atom stereocenters. The summed E-state index contributed by atoms with van der Waals surface area (Å²) in [6.45, 7) is 1.75. The average molecular weight is 253 g/mol. The van der Waals surface area contributed by atoms with E-state index in [1.54, 1.807) is 24.7 Å². The summed E-state index contributed by atoms with van der Waals surface area (Å²) in [5.74, 6) is -0.974. The molecule has 0 spiro atoms. The van der Waals surface area contributed by atoms with Crippen molar-refractivity contribution in [1.82, 2.24) is 15.2 Å². The van der Waals surface area contributed by atoms with E-state index in [4.69, 9.17) is 5.11 Å². The van der Waals surface area contributed by atoms with E-state index in [0.717, 1.165) is 0 Å². The van der Waals surface area contributed by atoms with Crippen molar-refractivity contribution in [3.8, 4) is 0 Å². The highest BCUT2D eigenvalue weighted by molar-refractivity contribution is 8.01. The molecule has 7 heteroatoms. The van der Waals surface area contributed by atoms with Crippen LogP contribution in [0.4, 0.5) is 0 Å². The summed E-state index contributed by atoms with van der Waals surface area (Å²) in [5.41, 5.74) is 2.51. The highest BCUT2D eigenvalue weighted by Crippen LogP contribution is 2.30. The van der Waals surface area contributed by atoms with Gasteiger partial charge in [-0.1, -0.05) is 11.3 Å². The summed E-state index contributed by atoms with van der Waals surface area (Å²) < 4.78 is 0.681. The maximum atomic E-state index is 11.1. The first-order valence-electron chi connectivity index (χ1n) is 4.31. The fourth-order valence-corrected chi connectivity index (χ4v) is 2.72. The largest absolute Gasteiger partial charge is 0.478 e. The Hall–Kier alpha value is -1.47. The van der Waals surface area contributed by atoms with Crippen LogP contribution in [0, 0.1) is 6.92 Å². The second-order valence-electron chi connectivity index (χ2n) is 2.92. The molecule has 0 saturated heterocycles. The van der Waals surface area contributed by atoms with Crippen LogP contribution in [0.2, 0.25) is 0 Å². The van der Waals surface area contributed by atoms with Crippen LogP contribution in [-0.2, 0) is 0 Å². The SMILES string of the molecule is Cc1ccnc(Sc2nncs2)c1C(=O)O. The van der Waals surface area contributed by atoms with E-state index in [1.165, 1.54) is 23.1 Å². The molecule has 82 valence electrons. The van der Waals surface area contributed by atoms with Crippen LogP contribution in [-0.4, -0.2) is 26.3 Å². The molecule has 0 aromatic carbocycles. The molecule has 2 aromatic rings. The number of hydrogen-bond donors (Lipinski definition) is 1. The number of pyridine rings is 1. The summed E-state index contributed by atoms with van der Waals surface area (Å²) in [7, 11) is 0. The molecule has 0 amide bonds. The standard InChI is InChI=1S/C9H7N3O2S2/c1-5-2-3-10-7(6(5)8(13)14)16-9-12-11-4-15-9/h2-4H,1H3,(H,13,14). The Morgan fingerprint density at radius 1 is 1.56 bits per heavy atom. The molecular weight excluding hydrogens is 246 g/mol. The fourth-order valence-electron chi connectivity index (χ4n) is 1.16. The van der Waals surface area contributed by atoms with Crippen LogP contribution in [0.1, 0.15) is 15.9 Å². The lowest BCUT2D eigenvalue weighted by Crippen LogP contribution is -2.03. The average Bonchev–Trinajstić information content (AvgIpc) is 2.70. The Bertz CT molecular complexity index is 513. The first-order chi connectivity index (χ1) is 7.68. The Morgan fingerprint density at radius 3 is 3.00 bits per heavy atom. The van der Waals surface area contributed by atoms with Crippen LogP contribution in [0.5, 0.6) is 0 Å². The zero-order chi connectivity index (χ0) is 11.5. The van der Waals surface area contributed by atoms with Crippen molar-refractivity contribution in [3.63, 3.8) is 0 Å². The van der Waals surface area contributed by atoms with E-state index >= 15 is 0 Å². The molecular formula is C9H7N3O2S2.